The van der Waals surface area contributed by atoms with Crippen molar-refractivity contribution < 1.29 is 9.47 Å². The van der Waals surface area contributed by atoms with Crippen LogP contribution in [0.25, 0.3) is 0 Å². The normalized spacial score (nSPS) is 10.7. The molecule has 0 unspecified atom stereocenters. The number of para-hydroxylation sites is 2. The minimum absolute atomic E-state index is 0.293. The fourth-order valence-electron chi connectivity index (χ4n) is 1.89. The van der Waals surface area contributed by atoms with Gasteiger partial charge in [-0.2, -0.15) is 0 Å². The number of nitrogens with two attached hydrogens (primary N) is 1. The highest BCUT2D eigenvalue weighted by molar-refractivity contribution is 5.39. The van der Waals surface area contributed by atoms with E-state index in [0.717, 1.165) is 5.82 Å². The number of hydrogen-bond acceptors (Lipinski definition) is 4. The van der Waals surface area contributed by atoms with Crippen LogP contribution in [0.2, 0.25) is 0 Å². The number of hydrogen-bond donors (Lipinski definition) is 1. The third-order valence-corrected chi connectivity index (χ3v) is 2.81. The van der Waals surface area contributed by atoms with Crippen molar-refractivity contribution in [1.82, 2.24) is 9.55 Å². The maximum Gasteiger partial charge on any atom is 0.161 e. The molecule has 0 amide bonds. The van der Waals surface area contributed by atoms with E-state index >= 15 is 0 Å². The number of methoxy groups -OCH3 is 1. The van der Waals surface area contributed by atoms with Gasteiger partial charge in [-0.05, 0) is 26.0 Å². The molecule has 0 saturated heterocycles. The van der Waals surface area contributed by atoms with E-state index in [1.54, 1.807) is 7.11 Å². The number of nitrogens with zero attached hydrogens (tertiary/aromatic N) is 2. The van der Waals surface area contributed by atoms with Crippen molar-refractivity contribution in [3.05, 3.63) is 36.3 Å². The van der Waals surface area contributed by atoms with Gasteiger partial charge in [0.15, 0.2) is 11.5 Å². The summed E-state index contributed by atoms with van der Waals surface area (Å²) in [5.41, 5.74) is 5.73. The molecule has 0 aliphatic rings. The summed E-state index contributed by atoms with van der Waals surface area (Å²) in [5.74, 6) is 2.71. The van der Waals surface area contributed by atoms with E-state index in [2.05, 4.69) is 18.8 Å². The zero-order valence-electron chi connectivity index (χ0n) is 11.5. The van der Waals surface area contributed by atoms with Crippen LogP contribution in [0.3, 0.4) is 0 Å². The van der Waals surface area contributed by atoms with Crippen LogP contribution in [0.4, 0.5) is 5.82 Å². The van der Waals surface area contributed by atoms with Gasteiger partial charge < -0.3 is 19.8 Å². The molecule has 5 heteroatoms. The van der Waals surface area contributed by atoms with Crippen LogP contribution in [0.1, 0.15) is 25.7 Å². The largest absolute Gasteiger partial charge is 0.493 e. The van der Waals surface area contributed by atoms with Crippen molar-refractivity contribution in [3.63, 3.8) is 0 Å². The predicted molar refractivity (Wildman–Crippen MR) is 74.4 cm³/mol. The van der Waals surface area contributed by atoms with Crippen molar-refractivity contribution >= 4 is 5.82 Å². The van der Waals surface area contributed by atoms with E-state index in [1.165, 1.54) is 0 Å². The molecule has 0 radical (unpaired) electrons. The second-order valence-electron chi connectivity index (χ2n) is 4.52. The number of benzene rings is 1. The molecule has 0 aliphatic carbocycles. The van der Waals surface area contributed by atoms with Crippen LogP contribution in [0, 0.1) is 0 Å². The van der Waals surface area contributed by atoms with Gasteiger partial charge in [0, 0.05) is 12.2 Å². The Bertz CT molecular complexity index is 549. The van der Waals surface area contributed by atoms with E-state index in [0.29, 0.717) is 30.0 Å². The number of aromatic nitrogens is 2. The van der Waals surface area contributed by atoms with E-state index < -0.39 is 0 Å². The average Bonchev–Trinajstić information content (AvgIpc) is 2.78. The molecule has 1 aromatic heterocycles. The van der Waals surface area contributed by atoms with Crippen LogP contribution in [0.15, 0.2) is 30.5 Å². The first-order valence-electron chi connectivity index (χ1n) is 6.21. The van der Waals surface area contributed by atoms with E-state index in [-0.39, 0.29) is 0 Å². The van der Waals surface area contributed by atoms with Gasteiger partial charge in [-0.15, -0.1) is 0 Å². The highest BCUT2D eigenvalue weighted by atomic mass is 16.5. The zero-order valence-corrected chi connectivity index (χ0v) is 11.5. The van der Waals surface area contributed by atoms with Crippen LogP contribution in [0.5, 0.6) is 11.5 Å². The van der Waals surface area contributed by atoms with Gasteiger partial charge >= 0.3 is 0 Å². The van der Waals surface area contributed by atoms with Gasteiger partial charge in [0.25, 0.3) is 0 Å². The van der Waals surface area contributed by atoms with Crippen molar-refractivity contribution in [2.45, 2.75) is 26.5 Å². The molecule has 0 bridgehead atoms. The quantitative estimate of drug-likeness (QED) is 0.898. The van der Waals surface area contributed by atoms with Gasteiger partial charge in [0.05, 0.1) is 7.11 Å². The molecule has 1 heterocycles. The second kappa shape index (κ2) is 5.65. The number of rotatable bonds is 5. The Labute approximate surface area is 113 Å². The number of ether oxygens (including phenoxy) is 2. The topological polar surface area (TPSA) is 62.3 Å². The zero-order chi connectivity index (χ0) is 13.8. The first-order valence-corrected chi connectivity index (χ1v) is 6.21. The van der Waals surface area contributed by atoms with Gasteiger partial charge in [-0.25, -0.2) is 4.98 Å². The molecule has 0 saturated carbocycles. The minimum Gasteiger partial charge on any atom is -0.493 e. The summed E-state index contributed by atoms with van der Waals surface area (Å²) in [5, 5.41) is 0. The fraction of sp³-hybridized carbons (Fsp3) is 0.357. The Hall–Kier alpha value is -2.17. The third kappa shape index (κ3) is 2.99. The lowest BCUT2D eigenvalue weighted by Crippen LogP contribution is -2.08. The molecule has 2 rings (SSSR count). The smallest absolute Gasteiger partial charge is 0.161 e. The predicted octanol–water partition coefficient (Wildman–Crippen LogP) is 2.63. The van der Waals surface area contributed by atoms with Gasteiger partial charge in [0.1, 0.15) is 18.2 Å². The molecule has 2 aromatic rings. The van der Waals surface area contributed by atoms with Crippen molar-refractivity contribution in [2.24, 2.45) is 0 Å². The van der Waals surface area contributed by atoms with Crippen molar-refractivity contribution in [2.75, 3.05) is 12.8 Å². The van der Waals surface area contributed by atoms with Crippen LogP contribution in [-0.4, -0.2) is 16.7 Å². The third-order valence-electron chi connectivity index (χ3n) is 2.81. The van der Waals surface area contributed by atoms with Crippen LogP contribution in [-0.2, 0) is 6.61 Å². The number of nitrogen functional groups attached to an aromatic ring is 1. The summed E-state index contributed by atoms with van der Waals surface area (Å²) in [4.78, 5) is 4.28. The van der Waals surface area contributed by atoms with Crippen molar-refractivity contribution in [3.8, 4) is 11.5 Å². The minimum atomic E-state index is 0.293. The Morgan fingerprint density at radius 1 is 1.26 bits per heavy atom. The summed E-state index contributed by atoms with van der Waals surface area (Å²) in [7, 11) is 1.62. The summed E-state index contributed by atoms with van der Waals surface area (Å²) < 4.78 is 13.0. The summed E-state index contributed by atoms with van der Waals surface area (Å²) in [6.07, 6.45) is 1.82. The number of anilines is 1. The molecule has 1 aromatic carbocycles. The first-order chi connectivity index (χ1) is 9.11. The van der Waals surface area contributed by atoms with Crippen LogP contribution < -0.4 is 15.2 Å². The monoisotopic (exact) mass is 261 g/mol. The number of imidazole rings is 1. The standard InChI is InChI=1S/C14H19N3O2/c1-10(2)17-8-13(15)16-14(17)9-19-12-7-5-4-6-11(12)18-3/h4-8,10H,9,15H2,1-3H3. The Kier molecular flexibility index (Phi) is 3.94. The molecular weight excluding hydrogens is 242 g/mol. The van der Waals surface area contributed by atoms with E-state index in [1.807, 2.05) is 35.0 Å². The highest BCUT2D eigenvalue weighted by Gasteiger charge is 2.11. The summed E-state index contributed by atoms with van der Waals surface area (Å²) >= 11 is 0. The molecule has 5 nitrogen and oxygen atoms in total. The molecule has 0 spiro atoms. The molecule has 102 valence electrons. The Morgan fingerprint density at radius 3 is 2.58 bits per heavy atom. The molecule has 2 N–H and O–H groups in total. The Balaban J connectivity index is 2.14. The summed E-state index contributed by atoms with van der Waals surface area (Å²) in [6.45, 7) is 4.51. The van der Waals surface area contributed by atoms with E-state index in [4.69, 9.17) is 15.2 Å². The molecule has 19 heavy (non-hydrogen) atoms. The van der Waals surface area contributed by atoms with Crippen molar-refractivity contribution in [1.29, 1.82) is 0 Å². The highest BCUT2D eigenvalue weighted by Crippen LogP contribution is 2.26. The van der Waals surface area contributed by atoms with Gasteiger partial charge in [0.2, 0.25) is 0 Å². The van der Waals surface area contributed by atoms with Gasteiger partial charge in [-0.3, -0.25) is 0 Å². The maximum atomic E-state index is 5.75. The SMILES string of the molecule is COc1ccccc1OCc1nc(N)cn1C(C)C. The van der Waals surface area contributed by atoms with Gasteiger partial charge in [-0.1, -0.05) is 12.1 Å². The lowest BCUT2D eigenvalue weighted by molar-refractivity contribution is 0.269. The molecule has 0 atom stereocenters. The molecule has 0 aliphatic heterocycles. The average molecular weight is 261 g/mol. The lowest BCUT2D eigenvalue weighted by Gasteiger charge is -2.13. The fourth-order valence-corrected chi connectivity index (χ4v) is 1.89. The lowest BCUT2D eigenvalue weighted by atomic mass is 10.3. The van der Waals surface area contributed by atoms with E-state index in [9.17, 15) is 0 Å². The first kappa shape index (κ1) is 13.3. The molecular formula is C14H19N3O2. The molecule has 0 fully saturated rings. The Morgan fingerprint density at radius 2 is 1.95 bits per heavy atom. The summed E-state index contributed by atoms with van der Waals surface area (Å²) in [6, 6.07) is 7.82. The van der Waals surface area contributed by atoms with Crippen LogP contribution >= 0.6 is 0 Å². The second-order valence-corrected chi connectivity index (χ2v) is 4.52. The maximum absolute atomic E-state index is 5.75.